The summed E-state index contributed by atoms with van der Waals surface area (Å²) in [4.78, 5) is 93.6. The molecule has 6 fully saturated rings. The van der Waals surface area contributed by atoms with Gasteiger partial charge in [-0.15, -0.1) is 0 Å². The van der Waals surface area contributed by atoms with Gasteiger partial charge in [-0.25, -0.2) is 15.3 Å². The van der Waals surface area contributed by atoms with Crippen LogP contribution >= 0.6 is 0 Å². The number of para-hydroxylation sites is 3. The molecule has 0 bridgehead atoms. The number of nitrogen functional groups attached to an aromatic ring is 3. The third-order valence-electron chi connectivity index (χ3n) is 24.2. The van der Waals surface area contributed by atoms with Crippen molar-refractivity contribution in [3.05, 3.63) is 250 Å². The SMILES string of the molecule is CN1CCN(C/C=C/C(=O)N2CCC[C@@H](n3cc(-c4ccc(Oc5ccccc5)cc4)c4c(N)n[nH]c(=O)c43)C2)CC1.Nc1n[nH]c(=O)c2c1c(-c1ccc(Oc3ccccc3)cc1)cn2[C@@H]1CCCN(C(=O)/C=C/CN2CCCC2)C1.Nc1n[nH]c(=O)c2c1c(-c1ccc(Oc3ccccc3)cc1)cn2[C@@H]1CCCN(C(=O)/C=C/CN2CCCCC2)C1. The number of piperazine rings is 1. The highest BCUT2D eigenvalue weighted by Gasteiger charge is 2.32. The molecule has 0 radical (unpaired) electrons. The second-order valence-electron chi connectivity index (χ2n) is 32.6. The van der Waals surface area contributed by atoms with E-state index < -0.39 is 0 Å². The number of likely N-dealkylation sites (N-methyl/N-ethyl adjacent to an activating group) is 1. The van der Waals surface area contributed by atoms with E-state index in [0.29, 0.717) is 89.2 Å². The maximum absolute atomic E-state index is 13.1. The highest BCUT2D eigenvalue weighted by molar-refractivity contribution is 6.04. The number of amides is 3. The number of piperidine rings is 4. The van der Waals surface area contributed by atoms with Gasteiger partial charge in [0, 0.05) is 139 Å². The Hall–Kier alpha value is -13.2. The van der Waals surface area contributed by atoms with Crippen LogP contribution in [0.1, 0.15) is 88.8 Å². The molecule has 12 heterocycles. The number of carbonyl (C=O) groups is 3. The third kappa shape index (κ3) is 20.1. The zero-order chi connectivity index (χ0) is 84.7. The van der Waals surface area contributed by atoms with Crippen molar-refractivity contribution in [1.29, 1.82) is 0 Å². The molecule has 9 N–H and O–H groups in total. The fourth-order valence-electron chi connectivity index (χ4n) is 17.7. The van der Waals surface area contributed by atoms with E-state index in [0.717, 1.165) is 161 Å². The molecular weight excluding hydrogens is 1550 g/mol. The second kappa shape index (κ2) is 39.1. The lowest BCUT2D eigenvalue weighted by Gasteiger charge is -2.33. The summed E-state index contributed by atoms with van der Waals surface area (Å²) in [6.07, 6.45) is 28.3. The van der Waals surface area contributed by atoms with E-state index in [4.69, 9.17) is 31.4 Å². The molecule has 6 aromatic heterocycles. The van der Waals surface area contributed by atoms with Gasteiger partial charge >= 0.3 is 0 Å². The van der Waals surface area contributed by atoms with Gasteiger partial charge in [0.1, 0.15) is 51.0 Å². The summed E-state index contributed by atoms with van der Waals surface area (Å²) < 4.78 is 23.8. The molecule has 0 unspecified atom stereocenters. The first-order chi connectivity index (χ1) is 60.1. The van der Waals surface area contributed by atoms with Gasteiger partial charge in [-0.2, -0.15) is 15.3 Å². The van der Waals surface area contributed by atoms with Gasteiger partial charge < -0.3 is 64.7 Å². The summed E-state index contributed by atoms with van der Waals surface area (Å²) in [6.45, 7) is 14.6. The molecule has 6 saturated heterocycles. The number of nitrogens with zero attached hydrogens (tertiary/aromatic N) is 13. The number of likely N-dealkylation sites (tertiary alicyclic amines) is 5. The number of anilines is 3. The number of H-pyrrole nitrogens is 3. The van der Waals surface area contributed by atoms with Crippen molar-refractivity contribution >= 4 is 67.9 Å². The van der Waals surface area contributed by atoms with Crippen molar-refractivity contribution in [1.82, 2.24) is 78.6 Å². The largest absolute Gasteiger partial charge is 0.457 e. The van der Waals surface area contributed by atoms with Crippen molar-refractivity contribution < 1.29 is 28.6 Å². The molecular formula is C95H107N19O9. The van der Waals surface area contributed by atoms with Crippen LogP contribution in [0.15, 0.2) is 233 Å². The fourth-order valence-corrected chi connectivity index (χ4v) is 17.7. The topological polar surface area (TPSA) is 332 Å². The number of nitrogens with two attached hydrogens (primary N) is 3. The summed E-state index contributed by atoms with van der Waals surface area (Å²) in [5.74, 6) is 5.24. The van der Waals surface area contributed by atoms with E-state index in [1.165, 1.54) is 32.1 Å². The number of aromatic nitrogens is 9. The van der Waals surface area contributed by atoms with Crippen LogP contribution in [0.5, 0.6) is 34.5 Å². The smallest absolute Gasteiger partial charge is 0.288 e. The van der Waals surface area contributed by atoms with E-state index in [1.54, 1.807) is 18.2 Å². The molecule has 28 heteroatoms. The average molecular weight is 1660 g/mol. The van der Waals surface area contributed by atoms with E-state index in [1.807, 2.05) is 229 Å². The minimum atomic E-state index is -0.301. The van der Waals surface area contributed by atoms with Crippen molar-refractivity contribution in [2.75, 3.05) is 136 Å². The van der Waals surface area contributed by atoms with Gasteiger partial charge in [-0.3, -0.25) is 43.5 Å². The minimum absolute atomic E-state index is 0.00890. The second-order valence-corrected chi connectivity index (χ2v) is 32.6. The number of benzene rings is 6. The highest BCUT2D eigenvalue weighted by atomic mass is 16.5. The van der Waals surface area contributed by atoms with Crippen molar-refractivity contribution in [2.24, 2.45) is 0 Å². The van der Waals surface area contributed by atoms with Gasteiger partial charge in [0.25, 0.3) is 16.7 Å². The van der Waals surface area contributed by atoms with E-state index >= 15 is 0 Å². The Labute approximate surface area is 713 Å². The monoisotopic (exact) mass is 1660 g/mol. The summed E-state index contributed by atoms with van der Waals surface area (Å²) >= 11 is 0. The standard InChI is InChI=1S/C32H37N7O3.C32H36N6O3.C31H34N6O3/c1-36-17-19-37(20-18-36)15-6-10-28(40)38-16-5-7-24(21-38)39-22-27(29-30(39)32(41)35-34-31(29)33)23-11-13-26(14-12-23)42-25-8-3-2-4-9-25;33-31-29-27(23-13-15-26(16-14-23)41-25-10-3-1-4-11-25)22-38(30(29)32(40)35-34-31)24-9-7-20-37(21-24)28(39)12-8-19-36-17-5-2-6-18-36;32-30-28-26(22-12-14-25(15-13-22)40-24-9-2-1-3-10-24)21-37(29(28)31(39)34-33-30)23-8-6-19-36(20-23)27(38)11-7-18-35-16-4-5-17-35/h2-4,6,8-14,22,24H,5,7,15-21H2,1H3,(H2,33,34)(H,35,41);1,3-4,8,10-16,22,24H,2,5-7,9,17-21H2,(H2,33,34)(H,35,40);1-3,7,9-15,21,23H,4-6,8,16-20H2,(H2,32,33)(H,34,39)/b10-6+;12-8+;11-7+/t2*24-;23-/m111/s1. The first kappa shape index (κ1) is 83.5. The van der Waals surface area contributed by atoms with Gasteiger partial charge in [-0.1, -0.05) is 116 Å². The summed E-state index contributed by atoms with van der Waals surface area (Å²) in [5.41, 5.74) is 24.7. The molecule has 6 aromatic carbocycles. The highest BCUT2D eigenvalue weighted by Crippen LogP contribution is 2.41. The lowest BCUT2D eigenvalue weighted by molar-refractivity contribution is -0.128. The Morgan fingerprint density at radius 3 is 0.935 bits per heavy atom. The van der Waals surface area contributed by atoms with Crippen molar-refractivity contribution in [3.63, 3.8) is 0 Å². The molecule has 3 amide bonds. The Morgan fingerprint density at radius 2 is 0.634 bits per heavy atom. The fraction of sp³-hybridized carbons (Fsp3) is 0.337. The predicted octanol–water partition coefficient (Wildman–Crippen LogP) is 13.3. The van der Waals surface area contributed by atoms with E-state index in [-0.39, 0.29) is 70.0 Å². The predicted molar refractivity (Wildman–Crippen MR) is 482 cm³/mol. The molecule has 6 aliphatic rings. The van der Waals surface area contributed by atoms with E-state index in [9.17, 15) is 28.8 Å². The summed E-state index contributed by atoms with van der Waals surface area (Å²) in [7, 11) is 2.14. The minimum Gasteiger partial charge on any atom is -0.457 e. The van der Waals surface area contributed by atoms with Crippen LogP contribution in [0.25, 0.3) is 66.1 Å². The van der Waals surface area contributed by atoms with Crippen LogP contribution in [-0.4, -0.2) is 215 Å². The molecule has 18 rings (SSSR count). The van der Waals surface area contributed by atoms with Gasteiger partial charge in [-0.05, 0) is 187 Å². The molecule has 0 spiro atoms. The van der Waals surface area contributed by atoms with Crippen molar-refractivity contribution in [2.45, 2.75) is 88.8 Å². The van der Waals surface area contributed by atoms with Crippen LogP contribution in [0.3, 0.4) is 0 Å². The first-order valence-corrected chi connectivity index (χ1v) is 43.0. The first-order valence-electron chi connectivity index (χ1n) is 43.0. The van der Waals surface area contributed by atoms with Gasteiger partial charge in [0.15, 0.2) is 17.5 Å². The van der Waals surface area contributed by atoms with Crippen LogP contribution in [0, 0.1) is 0 Å². The molecule has 123 heavy (non-hydrogen) atoms. The molecule has 12 aromatic rings. The lowest BCUT2D eigenvalue weighted by Crippen LogP contribution is -2.44. The Bertz CT molecular complexity index is 5920. The van der Waals surface area contributed by atoms with Crippen LogP contribution in [0.2, 0.25) is 0 Å². The molecule has 3 atom stereocenters. The lowest BCUT2D eigenvalue weighted by atomic mass is 10.1. The Kier molecular flexibility index (Phi) is 26.6. The number of hydrogen-bond acceptors (Lipinski definition) is 19. The maximum Gasteiger partial charge on any atom is 0.288 e. The number of rotatable bonds is 21. The van der Waals surface area contributed by atoms with Crippen LogP contribution in [-0.2, 0) is 14.4 Å². The summed E-state index contributed by atoms with van der Waals surface area (Å²) in [6, 6.07) is 51.8. The maximum atomic E-state index is 13.1. The molecule has 0 aliphatic carbocycles. The molecule has 6 aliphatic heterocycles. The number of ether oxygens (including phenoxy) is 3. The average Bonchev–Trinajstić information content (AvgIpc) is 1.61. The summed E-state index contributed by atoms with van der Waals surface area (Å²) in [5, 5.41) is 21.7. The molecule has 0 saturated carbocycles. The van der Waals surface area contributed by atoms with E-state index in [2.05, 4.69) is 57.2 Å². The number of hydrogen-bond donors (Lipinski definition) is 6. The third-order valence-corrected chi connectivity index (χ3v) is 24.2. The zero-order valence-electron chi connectivity index (χ0n) is 69.5. The molecule has 28 nitrogen and oxygen atoms in total. The molecule has 636 valence electrons. The number of aromatic amines is 3. The van der Waals surface area contributed by atoms with Gasteiger partial charge in [0.2, 0.25) is 17.7 Å². The van der Waals surface area contributed by atoms with Crippen molar-refractivity contribution in [3.8, 4) is 67.9 Å². The van der Waals surface area contributed by atoms with Crippen LogP contribution in [0.4, 0.5) is 17.5 Å². The Balaban J connectivity index is 0.000000137. The normalized spacial score (nSPS) is 18.3. The van der Waals surface area contributed by atoms with Crippen LogP contribution < -0.4 is 48.1 Å². The quantitative estimate of drug-likeness (QED) is 0.0364. The number of carbonyl (C=O) groups excluding carboxylic acids is 3. The van der Waals surface area contributed by atoms with Gasteiger partial charge in [0.05, 0.1) is 34.3 Å². The zero-order valence-corrected chi connectivity index (χ0v) is 69.5. The number of nitrogens with one attached hydrogen (secondary N) is 3. The Morgan fingerprint density at radius 1 is 0.358 bits per heavy atom. The number of fused-ring (bicyclic) bond motifs is 3.